The smallest absolute Gasteiger partial charge is 0.243 e. The average molecular weight is 422 g/mol. The molecule has 1 amide bonds. The minimum absolute atomic E-state index is 0.0444. The number of methoxy groups -OCH3 is 2. The van der Waals surface area contributed by atoms with E-state index >= 15 is 0 Å². The Hall–Kier alpha value is -2.65. The molecule has 1 saturated heterocycles. The molecule has 7 nitrogen and oxygen atoms in total. The van der Waals surface area contributed by atoms with E-state index in [-0.39, 0.29) is 29.8 Å². The number of piperidine rings is 1. The van der Waals surface area contributed by atoms with E-state index in [9.17, 15) is 17.6 Å². The number of amides is 1. The molecular weight excluding hydrogens is 399 g/mol. The third-order valence-corrected chi connectivity index (χ3v) is 6.85. The first kappa shape index (κ1) is 21.1. The van der Waals surface area contributed by atoms with E-state index in [1.807, 2.05) is 0 Å². The Balaban J connectivity index is 1.65. The topological polar surface area (TPSA) is 84.9 Å². The Morgan fingerprint density at radius 3 is 2.31 bits per heavy atom. The van der Waals surface area contributed by atoms with Gasteiger partial charge in [-0.2, -0.15) is 4.31 Å². The number of hydrogen-bond acceptors (Lipinski definition) is 5. The molecule has 0 aliphatic carbocycles. The normalized spacial score (nSPS) is 15.7. The number of rotatable bonds is 6. The van der Waals surface area contributed by atoms with E-state index in [2.05, 4.69) is 5.32 Å². The highest BCUT2D eigenvalue weighted by Crippen LogP contribution is 2.31. The Labute approximate surface area is 169 Å². The summed E-state index contributed by atoms with van der Waals surface area (Å²) < 4.78 is 50.2. The molecule has 0 aromatic heterocycles. The van der Waals surface area contributed by atoms with Gasteiger partial charge in [0, 0.05) is 25.1 Å². The Morgan fingerprint density at radius 2 is 1.72 bits per heavy atom. The number of nitrogens with one attached hydrogen (secondary N) is 1. The van der Waals surface area contributed by atoms with Crippen LogP contribution in [-0.4, -0.2) is 45.9 Å². The first-order chi connectivity index (χ1) is 13.8. The van der Waals surface area contributed by atoms with Crippen LogP contribution in [0.3, 0.4) is 0 Å². The van der Waals surface area contributed by atoms with Gasteiger partial charge < -0.3 is 14.8 Å². The molecule has 0 unspecified atom stereocenters. The van der Waals surface area contributed by atoms with E-state index in [4.69, 9.17) is 9.47 Å². The van der Waals surface area contributed by atoms with Gasteiger partial charge in [-0.1, -0.05) is 0 Å². The summed E-state index contributed by atoms with van der Waals surface area (Å²) in [6.07, 6.45) is 0.775. The molecule has 0 bridgehead atoms. The number of hydrogen-bond donors (Lipinski definition) is 1. The van der Waals surface area contributed by atoms with Crippen molar-refractivity contribution in [1.82, 2.24) is 4.31 Å². The van der Waals surface area contributed by atoms with Gasteiger partial charge in [0.1, 0.15) is 17.3 Å². The van der Waals surface area contributed by atoms with Gasteiger partial charge in [-0.15, -0.1) is 0 Å². The van der Waals surface area contributed by atoms with Crippen molar-refractivity contribution < 1.29 is 27.1 Å². The summed E-state index contributed by atoms with van der Waals surface area (Å²) in [6.45, 7) is 0.431. The fraction of sp³-hybridized carbons (Fsp3) is 0.350. The maximum atomic E-state index is 13.1. The number of halogens is 1. The van der Waals surface area contributed by atoms with Crippen molar-refractivity contribution in [1.29, 1.82) is 0 Å². The van der Waals surface area contributed by atoms with Crippen LogP contribution >= 0.6 is 0 Å². The number of benzene rings is 2. The second-order valence-electron chi connectivity index (χ2n) is 6.69. The number of carbonyl (C=O) groups excluding carboxylic acids is 1. The predicted molar refractivity (Wildman–Crippen MR) is 106 cm³/mol. The molecule has 1 N–H and O–H groups in total. The fourth-order valence-electron chi connectivity index (χ4n) is 3.26. The van der Waals surface area contributed by atoms with Gasteiger partial charge in [0.2, 0.25) is 15.9 Å². The van der Waals surface area contributed by atoms with Crippen molar-refractivity contribution in [3.8, 4) is 11.5 Å². The van der Waals surface area contributed by atoms with Gasteiger partial charge in [-0.3, -0.25) is 4.79 Å². The molecule has 1 heterocycles. The largest absolute Gasteiger partial charge is 0.497 e. The van der Waals surface area contributed by atoms with Crippen LogP contribution in [0.2, 0.25) is 0 Å². The van der Waals surface area contributed by atoms with Gasteiger partial charge >= 0.3 is 0 Å². The molecule has 2 aromatic carbocycles. The van der Waals surface area contributed by atoms with Crippen LogP contribution in [0.15, 0.2) is 47.4 Å². The first-order valence-electron chi connectivity index (χ1n) is 9.13. The minimum atomic E-state index is -3.71. The number of nitrogens with zero attached hydrogens (tertiary/aromatic N) is 1. The molecule has 1 aliphatic heterocycles. The van der Waals surface area contributed by atoms with E-state index in [0.29, 0.717) is 30.0 Å². The highest BCUT2D eigenvalue weighted by Gasteiger charge is 2.32. The van der Waals surface area contributed by atoms with Crippen molar-refractivity contribution >= 4 is 21.6 Å². The predicted octanol–water partition coefficient (Wildman–Crippen LogP) is 2.88. The zero-order chi connectivity index (χ0) is 21.0. The van der Waals surface area contributed by atoms with E-state index in [1.54, 1.807) is 18.2 Å². The molecular formula is C20H23FN2O5S. The highest BCUT2D eigenvalue weighted by atomic mass is 32.2. The van der Waals surface area contributed by atoms with Crippen LogP contribution in [0.5, 0.6) is 11.5 Å². The zero-order valence-corrected chi connectivity index (χ0v) is 17.0. The van der Waals surface area contributed by atoms with E-state index < -0.39 is 15.8 Å². The monoisotopic (exact) mass is 422 g/mol. The highest BCUT2D eigenvalue weighted by molar-refractivity contribution is 7.89. The first-order valence-corrected chi connectivity index (χ1v) is 10.6. The number of carbonyl (C=O) groups is 1. The van der Waals surface area contributed by atoms with Gasteiger partial charge in [0.15, 0.2) is 0 Å². The molecule has 0 saturated carbocycles. The van der Waals surface area contributed by atoms with E-state index in [1.165, 1.54) is 30.7 Å². The maximum Gasteiger partial charge on any atom is 0.243 e. The molecule has 3 rings (SSSR count). The standard InChI is InChI=1S/C20H23FN2O5S/c1-27-16-5-8-19(28-2)18(13-16)22-20(24)14-9-11-23(12-10-14)29(25,26)17-6-3-15(21)4-7-17/h3-8,13-14H,9-12H2,1-2H3,(H,22,24). The van der Waals surface area contributed by atoms with Crippen molar-refractivity contribution in [3.05, 3.63) is 48.3 Å². The molecule has 2 aromatic rings. The van der Waals surface area contributed by atoms with E-state index in [0.717, 1.165) is 12.1 Å². The molecule has 156 valence electrons. The summed E-state index contributed by atoms with van der Waals surface area (Å²) in [5.41, 5.74) is 0.498. The molecule has 29 heavy (non-hydrogen) atoms. The summed E-state index contributed by atoms with van der Waals surface area (Å²) in [7, 11) is -0.665. The number of anilines is 1. The summed E-state index contributed by atoms with van der Waals surface area (Å²) in [6, 6.07) is 9.84. The van der Waals surface area contributed by atoms with Crippen molar-refractivity contribution in [2.24, 2.45) is 5.92 Å². The lowest BCUT2D eigenvalue weighted by molar-refractivity contribution is -0.120. The summed E-state index contributed by atoms with van der Waals surface area (Å²) in [5.74, 6) is 0.0741. The van der Waals surface area contributed by atoms with Crippen LogP contribution in [0, 0.1) is 11.7 Å². The lowest BCUT2D eigenvalue weighted by Gasteiger charge is -2.30. The van der Waals surface area contributed by atoms with Gasteiger partial charge in [-0.25, -0.2) is 12.8 Å². The Morgan fingerprint density at radius 1 is 1.07 bits per heavy atom. The molecule has 9 heteroatoms. The van der Waals surface area contributed by atoms with Crippen LogP contribution in [0.25, 0.3) is 0 Å². The third kappa shape index (κ3) is 4.68. The maximum absolute atomic E-state index is 13.1. The van der Waals surface area contributed by atoms with Crippen LogP contribution in [-0.2, 0) is 14.8 Å². The molecule has 1 aliphatic rings. The van der Waals surface area contributed by atoms with Crippen molar-refractivity contribution in [2.45, 2.75) is 17.7 Å². The SMILES string of the molecule is COc1ccc(OC)c(NC(=O)C2CCN(S(=O)(=O)c3ccc(F)cc3)CC2)c1. The minimum Gasteiger partial charge on any atom is -0.497 e. The fourth-order valence-corrected chi connectivity index (χ4v) is 4.73. The molecule has 1 fully saturated rings. The van der Waals surface area contributed by atoms with Crippen LogP contribution in [0.1, 0.15) is 12.8 Å². The van der Waals surface area contributed by atoms with Gasteiger partial charge in [0.25, 0.3) is 0 Å². The van der Waals surface area contributed by atoms with Gasteiger partial charge in [0.05, 0.1) is 24.8 Å². The number of sulfonamides is 1. The summed E-state index contributed by atoms with van der Waals surface area (Å²) in [4.78, 5) is 12.7. The number of ether oxygens (including phenoxy) is 2. The lowest BCUT2D eigenvalue weighted by Crippen LogP contribution is -2.41. The van der Waals surface area contributed by atoms with Crippen LogP contribution in [0.4, 0.5) is 10.1 Å². The average Bonchev–Trinajstić information content (AvgIpc) is 2.74. The lowest BCUT2D eigenvalue weighted by atomic mass is 9.97. The quantitative estimate of drug-likeness (QED) is 0.774. The Bertz CT molecular complexity index is 971. The summed E-state index contributed by atoms with van der Waals surface area (Å²) in [5, 5.41) is 2.84. The third-order valence-electron chi connectivity index (χ3n) is 4.94. The molecule has 0 spiro atoms. The second kappa shape index (κ2) is 8.79. The Kier molecular flexibility index (Phi) is 6.39. The molecule has 0 atom stereocenters. The second-order valence-corrected chi connectivity index (χ2v) is 8.63. The summed E-state index contributed by atoms with van der Waals surface area (Å²) >= 11 is 0. The molecule has 0 radical (unpaired) electrons. The van der Waals surface area contributed by atoms with Crippen molar-refractivity contribution in [2.75, 3.05) is 32.6 Å². The zero-order valence-electron chi connectivity index (χ0n) is 16.2. The van der Waals surface area contributed by atoms with Gasteiger partial charge in [-0.05, 0) is 49.2 Å². The van der Waals surface area contributed by atoms with Crippen molar-refractivity contribution in [3.63, 3.8) is 0 Å². The van der Waals surface area contributed by atoms with Crippen LogP contribution < -0.4 is 14.8 Å².